The van der Waals surface area contributed by atoms with Crippen molar-refractivity contribution in [2.24, 2.45) is 5.92 Å². The Kier molecular flexibility index (Phi) is 2.08. The van der Waals surface area contributed by atoms with Gasteiger partial charge < -0.3 is 9.72 Å². The Balaban J connectivity index is 2.04. The first-order valence-electron chi connectivity index (χ1n) is 4.61. The molecule has 1 unspecified atom stereocenters. The lowest BCUT2D eigenvalue weighted by atomic mass is 10.3. The van der Waals surface area contributed by atoms with Crippen LogP contribution in [0.5, 0.6) is 5.75 Å². The number of ether oxygens (including phenoxy) is 1. The van der Waals surface area contributed by atoms with Gasteiger partial charge in [0.2, 0.25) is 0 Å². The van der Waals surface area contributed by atoms with Crippen molar-refractivity contribution < 1.29 is 4.74 Å². The lowest BCUT2D eigenvalue weighted by Gasteiger charge is -2.12. The average Bonchev–Trinajstić information content (AvgIpc) is 2.85. The van der Waals surface area contributed by atoms with E-state index in [9.17, 15) is 4.79 Å². The number of rotatable bonds is 3. The Morgan fingerprint density at radius 2 is 2.38 bits per heavy atom. The zero-order chi connectivity index (χ0) is 9.26. The monoisotopic (exact) mass is 179 g/mol. The summed E-state index contributed by atoms with van der Waals surface area (Å²) >= 11 is 0. The van der Waals surface area contributed by atoms with Crippen LogP contribution < -0.4 is 10.3 Å². The van der Waals surface area contributed by atoms with Crippen molar-refractivity contribution in [3.05, 3.63) is 28.7 Å². The van der Waals surface area contributed by atoms with Crippen molar-refractivity contribution in [2.45, 2.75) is 25.9 Å². The molecule has 0 aromatic carbocycles. The maximum atomic E-state index is 10.9. The van der Waals surface area contributed by atoms with Gasteiger partial charge in [-0.3, -0.25) is 4.79 Å². The maximum absolute atomic E-state index is 10.9. The van der Waals surface area contributed by atoms with E-state index in [0.717, 1.165) is 0 Å². The first-order valence-corrected chi connectivity index (χ1v) is 4.61. The number of H-pyrrole nitrogens is 1. The number of hydrogen-bond donors (Lipinski definition) is 1. The molecule has 0 aliphatic heterocycles. The fourth-order valence-electron chi connectivity index (χ4n) is 1.37. The van der Waals surface area contributed by atoms with Crippen molar-refractivity contribution in [1.29, 1.82) is 0 Å². The number of hydrogen-bond acceptors (Lipinski definition) is 2. The Morgan fingerprint density at radius 1 is 1.62 bits per heavy atom. The van der Waals surface area contributed by atoms with E-state index in [-0.39, 0.29) is 11.7 Å². The van der Waals surface area contributed by atoms with Crippen LogP contribution in [0.4, 0.5) is 0 Å². The molecule has 13 heavy (non-hydrogen) atoms. The quantitative estimate of drug-likeness (QED) is 0.765. The molecule has 1 aliphatic carbocycles. The summed E-state index contributed by atoms with van der Waals surface area (Å²) in [5.74, 6) is 1.36. The van der Waals surface area contributed by atoms with E-state index >= 15 is 0 Å². The topological polar surface area (TPSA) is 42.1 Å². The van der Waals surface area contributed by atoms with Crippen LogP contribution in [0.2, 0.25) is 0 Å². The van der Waals surface area contributed by atoms with Crippen LogP contribution in [0.3, 0.4) is 0 Å². The van der Waals surface area contributed by atoms with Gasteiger partial charge in [-0.15, -0.1) is 0 Å². The molecular formula is C10H13NO2. The molecule has 1 aliphatic rings. The molecule has 70 valence electrons. The SMILES string of the molecule is CC(Oc1cc[nH]c(=O)c1)C1CC1. The number of aromatic nitrogens is 1. The van der Waals surface area contributed by atoms with Gasteiger partial charge in [-0.05, 0) is 31.7 Å². The fourth-order valence-corrected chi connectivity index (χ4v) is 1.37. The van der Waals surface area contributed by atoms with Gasteiger partial charge in [-0.25, -0.2) is 0 Å². The van der Waals surface area contributed by atoms with Crippen molar-refractivity contribution in [1.82, 2.24) is 4.98 Å². The minimum Gasteiger partial charge on any atom is -0.490 e. The van der Waals surface area contributed by atoms with Crippen molar-refractivity contribution in [2.75, 3.05) is 0 Å². The molecule has 3 heteroatoms. The predicted octanol–water partition coefficient (Wildman–Crippen LogP) is 1.55. The first kappa shape index (κ1) is 8.35. The molecule has 1 heterocycles. The van der Waals surface area contributed by atoms with Crippen LogP contribution in [-0.2, 0) is 0 Å². The molecule has 3 nitrogen and oxygen atoms in total. The summed E-state index contributed by atoms with van der Waals surface area (Å²) in [7, 11) is 0. The summed E-state index contributed by atoms with van der Waals surface area (Å²) in [6, 6.07) is 3.26. The summed E-state index contributed by atoms with van der Waals surface area (Å²) in [4.78, 5) is 13.5. The summed E-state index contributed by atoms with van der Waals surface area (Å²) in [5.41, 5.74) is -0.111. The largest absolute Gasteiger partial charge is 0.490 e. The molecule has 0 bridgehead atoms. The Hall–Kier alpha value is -1.25. The minimum absolute atomic E-state index is 0.111. The number of nitrogens with one attached hydrogen (secondary N) is 1. The molecule has 2 rings (SSSR count). The van der Waals surface area contributed by atoms with E-state index in [1.165, 1.54) is 18.9 Å². The summed E-state index contributed by atoms with van der Waals surface area (Å²) in [6.07, 6.45) is 4.35. The van der Waals surface area contributed by atoms with Gasteiger partial charge in [0.1, 0.15) is 5.75 Å². The second kappa shape index (κ2) is 3.24. The second-order valence-electron chi connectivity index (χ2n) is 3.55. The normalized spacial score (nSPS) is 18.2. The van der Waals surface area contributed by atoms with Crippen LogP contribution in [0, 0.1) is 5.92 Å². The highest BCUT2D eigenvalue weighted by molar-refractivity contribution is 5.17. The molecule has 1 fully saturated rings. The van der Waals surface area contributed by atoms with Crippen LogP contribution in [0.1, 0.15) is 19.8 Å². The molecule has 1 saturated carbocycles. The molecule has 1 aromatic heterocycles. The van der Waals surface area contributed by atoms with Crippen LogP contribution in [0.15, 0.2) is 23.1 Å². The lowest BCUT2D eigenvalue weighted by molar-refractivity contribution is 0.197. The lowest BCUT2D eigenvalue weighted by Crippen LogP contribution is -2.15. The van der Waals surface area contributed by atoms with Crippen LogP contribution in [-0.4, -0.2) is 11.1 Å². The molecule has 1 N–H and O–H groups in total. The Bertz CT molecular complexity index is 341. The zero-order valence-electron chi connectivity index (χ0n) is 7.62. The van der Waals surface area contributed by atoms with Gasteiger partial charge in [0.25, 0.3) is 5.56 Å². The van der Waals surface area contributed by atoms with Gasteiger partial charge in [0.15, 0.2) is 0 Å². The molecule has 0 radical (unpaired) electrons. The third-order valence-electron chi connectivity index (χ3n) is 2.35. The molecule has 0 spiro atoms. The van der Waals surface area contributed by atoms with E-state index in [1.807, 2.05) is 0 Å². The minimum atomic E-state index is -0.111. The summed E-state index contributed by atoms with van der Waals surface area (Å²) < 4.78 is 5.60. The third kappa shape index (κ3) is 2.11. The number of aromatic amines is 1. The first-order chi connectivity index (χ1) is 6.25. The fraction of sp³-hybridized carbons (Fsp3) is 0.500. The van der Waals surface area contributed by atoms with Crippen LogP contribution in [0.25, 0.3) is 0 Å². The van der Waals surface area contributed by atoms with Gasteiger partial charge >= 0.3 is 0 Å². The predicted molar refractivity (Wildman–Crippen MR) is 49.9 cm³/mol. The molecular weight excluding hydrogens is 166 g/mol. The van der Waals surface area contributed by atoms with Gasteiger partial charge in [-0.1, -0.05) is 0 Å². The van der Waals surface area contributed by atoms with Crippen molar-refractivity contribution in [3.63, 3.8) is 0 Å². The summed E-state index contributed by atoms with van der Waals surface area (Å²) in [5, 5.41) is 0. The van der Waals surface area contributed by atoms with E-state index in [1.54, 1.807) is 12.3 Å². The molecule has 0 amide bonds. The Morgan fingerprint density at radius 3 is 3.00 bits per heavy atom. The highest BCUT2D eigenvalue weighted by Gasteiger charge is 2.29. The summed E-state index contributed by atoms with van der Waals surface area (Å²) in [6.45, 7) is 2.05. The number of pyridine rings is 1. The van der Waals surface area contributed by atoms with Gasteiger partial charge in [0.05, 0.1) is 6.10 Å². The van der Waals surface area contributed by atoms with Crippen LogP contribution >= 0.6 is 0 Å². The van der Waals surface area contributed by atoms with E-state index in [0.29, 0.717) is 11.7 Å². The van der Waals surface area contributed by atoms with E-state index in [2.05, 4.69) is 11.9 Å². The zero-order valence-corrected chi connectivity index (χ0v) is 7.62. The third-order valence-corrected chi connectivity index (χ3v) is 2.35. The standard InChI is InChI=1S/C10H13NO2/c1-7(8-2-3-8)13-9-4-5-11-10(12)6-9/h4-8H,2-3H2,1H3,(H,11,12). The second-order valence-corrected chi connectivity index (χ2v) is 3.55. The Labute approximate surface area is 76.7 Å². The van der Waals surface area contributed by atoms with Crippen molar-refractivity contribution in [3.8, 4) is 5.75 Å². The van der Waals surface area contributed by atoms with Gasteiger partial charge in [0, 0.05) is 12.3 Å². The highest BCUT2D eigenvalue weighted by Crippen LogP contribution is 2.34. The van der Waals surface area contributed by atoms with E-state index in [4.69, 9.17) is 4.74 Å². The molecule has 1 aromatic rings. The molecule has 0 saturated heterocycles. The van der Waals surface area contributed by atoms with Crippen molar-refractivity contribution >= 4 is 0 Å². The van der Waals surface area contributed by atoms with E-state index < -0.39 is 0 Å². The highest BCUT2D eigenvalue weighted by atomic mass is 16.5. The average molecular weight is 179 g/mol. The maximum Gasteiger partial charge on any atom is 0.251 e. The molecule has 1 atom stereocenters. The smallest absolute Gasteiger partial charge is 0.251 e. The van der Waals surface area contributed by atoms with Gasteiger partial charge in [-0.2, -0.15) is 0 Å².